The molecule has 0 bridgehead atoms. The van der Waals surface area contributed by atoms with E-state index in [0.29, 0.717) is 18.4 Å². The van der Waals surface area contributed by atoms with Crippen LogP contribution in [0.25, 0.3) is 0 Å². The van der Waals surface area contributed by atoms with Gasteiger partial charge in [-0.25, -0.2) is 0 Å². The lowest BCUT2D eigenvalue weighted by Gasteiger charge is -2.22. The van der Waals surface area contributed by atoms with E-state index in [1.807, 2.05) is 0 Å². The summed E-state index contributed by atoms with van der Waals surface area (Å²) in [5.41, 5.74) is 5.75. The molecule has 0 aromatic rings. The molecule has 2 fully saturated rings. The van der Waals surface area contributed by atoms with Crippen LogP contribution in [-0.4, -0.2) is 18.5 Å². The third-order valence-electron chi connectivity index (χ3n) is 4.97. The van der Waals surface area contributed by atoms with Crippen molar-refractivity contribution in [2.75, 3.05) is 6.54 Å². The first kappa shape index (κ1) is 17.8. The fourth-order valence-electron chi connectivity index (χ4n) is 3.61. The number of carbonyl (C=O) groups is 1. The molecule has 1 amide bonds. The van der Waals surface area contributed by atoms with Gasteiger partial charge < -0.3 is 11.1 Å². The number of rotatable bonds is 7. The third kappa shape index (κ3) is 4.92. The lowest BCUT2D eigenvalue weighted by Crippen LogP contribution is -2.41. The molecule has 20 heavy (non-hydrogen) atoms. The number of unbranched alkanes of at least 4 members (excludes halogenated alkanes) is 1. The third-order valence-corrected chi connectivity index (χ3v) is 4.97. The summed E-state index contributed by atoms with van der Waals surface area (Å²) in [6.45, 7) is 2.75. The Labute approximate surface area is 129 Å². The predicted molar refractivity (Wildman–Crippen MR) is 85.9 cm³/mol. The van der Waals surface area contributed by atoms with Gasteiger partial charge >= 0.3 is 0 Å². The summed E-state index contributed by atoms with van der Waals surface area (Å²) in [6.07, 6.45) is 11.3. The lowest BCUT2D eigenvalue weighted by molar-refractivity contribution is -0.123. The second-order valence-corrected chi connectivity index (χ2v) is 6.49. The van der Waals surface area contributed by atoms with Crippen LogP contribution in [0.3, 0.4) is 0 Å². The van der Waals surface area contributed by atoms with Crippen LogP contribution in [0.1, 0.15) is 64.7 Å². The van der Waals surface area contributed by atoms with E-state index >= 15 is 0 Å². The van der Waals surface area contributed by atoms with Crippen molar-refractivity contribution in [2.24, 2.45) is 23.5 Å². The molecule has 0 aromatic heterocycles. The molecule has 0 aromatic carbocycles. The highest BCUT2D eigenvalue weighted by atomic mass is 35.5. The topological polar surface area (TPSA) is 55.1 Å². The fraction of sp³-hybridized carbons (Fsp3) is 0.938. The molecule has 3 unspecified atom stereocenters. The van der Waals surface area contributed by atoms with E-state index in [1.54, 1.807) is 0 Å². The van der Waals surface area contributed by atoms with Crippen molar-refractivity contribution in [2.45, 2.75) is 70.8 Å². The molecule has 0 radical (unpaired) electrons. The highest BCUT2D eigenvalue weighted by Gasteiger charge is 2.47. The van der Waals surface area contributed by atoms with Crippen LogP contribution in [0.4, 0.5) is 0 Å². The molecule has 0 aliphatic heterocycles. The lowest BCUT2D eigenvalue weighted by atomic mass is 9.85. The molecule has 2 aliphatic carbocycles. The smallest absolute Gasteiger partial charge is 0.223 e. The molecule has 118 valence electrons. The number of hydrogen-bond acceptors (Lipinski definition) is 2. The van der Waals surface area contributed by atoms with Crippen LogP contribution in [0, 0.1) is 17.8 Å². The van der Waals surface area contributed by atoms with E-state index in [-0.39, 0.29) is 24.4 Å². The minimum absolute atomic E-state index is 0. The zero-order valence-corrected chi connectivity index (χ0v) is 13.6. The van der Waals surface area contributed by atoms with Gasteiger partial charge in [-0.3, -0.25) is 4.79 Å². The van der Waals surface area contributed by atoms with Crippen LogP contribution in [0.5, 0.6) is 0 Å². The average Bonchev–Trinajstić information content (AvgIpc) is 3.24. The van der Waals surface area contributed by atoms with Crippen molar-refractivity contribution in [3.05, 3.63) is 0 Å². The van der Waals surface area contributed by atoms with Gasteiger partial charge in [0.1, 0.15) is 0 Å². The number of nitrogens with one attached hydrogen (secondary N) is 1. The molecule has 0 saturated heterocycles. The van der Waals surface area contributed by atoms with Crippen LogP contribution >= 0.6 is 12.4 Å². The molecule has 2 rings (SSSR count). The van der Waals surface area contributed by atoms with E-state index in [1.165, 1.54) is 38.5 Å². The molecule has 4 heteroatoms. The molecule has 0 heterocycles. The summed E-state index contributed by atoms with van der Waals surface area (Å²) >= 11 is 0. The van der Waals surface area contributed by atoms with E-state index in [0.717, 1.165) is 25.2 Å². The number of nitrogens with two attached hydrogens (primary N) is 1. The van der Waals surface area contributed by atoms with Crippen LogP contribution in [0.2, 0.25) is 0 Å². The highest BCUT2D eigenvalue weighted by Crippen LogP contribution is 2.49. The van der Waals surface area contributed by atoms with Gasteiger partial charge in [0.25, 0.3) is 0 Å². The Kier molecular flexibility index (Phi) is 7.90. The van der Waals surface area contributed by atoms with E-state index < -0.39 is 0 Å². The SMILES string of the molecule is CCCCC(CN)NC(=O)C1CC1C1CCCCC1.Cl. The number of carbonyl (C=O) groups excluding carboxylic acids is 1. The standard InChI is InChI=1S/C16H30N2O.ClH/c1-2-3-9-13(11-17)18-16(19)15-10-14(15)12-7-5-4-6-8-12;/h12-15H,2-11,17H2,1H3,(H,18,19);1H. The van der Waals surface area contributed by atoms with Gasteiger partial charge in [0.15, 0.2) is 0 Å². The fourth-order valence-corrected chi connectivity index (χ4v) is 3.61. The molecule has 3 N–H and O–H groups in total. The zero-order valence-electron chi connectivity index (χ0n) is 12.8. The van der Waals surface area contributed by atoms with Gasteiger partial charge in [0.2, 0.25) is 5.91 Å². The Hall–Kier alpha value is -0.280. The van der Waals surface area contributed by atoms with Gasteiger partial charge in [0.05, 0.1) is 0 Å². The number of amides is 1. The second-order valence-electron chi connectivity index (χ2n) is 6.49. The summed E-state index contributed by atoms with van der Waals surface area (Å²) in [4.78, 5) is 12.2. The minimum Gasteiger partial charge on any atom is -0.352 e. The first-order chi connectivity index (χ1) is 9.26. The highest BCUT2D eigenvalue weighted by molar-refractivity contribution is 5.85. The number of hydrogen-bond donors (Lipinski definition) is 2. The Balaban J connectivity index is 0.00000200. The van der Waals surface area contributed by atoms with E-state index in [4.69, 9.17) is 5.73 Å². The first-order valence-electron chi connectivity index (χ1n) is 8.26. The van der Waals surface area contributed by atoms with Crippen molar-refractivity contribution in [3.8, 4) is 0 Å². The van der Waals surface area contributed by atoms with Gasteiger partial charge in [-0.05, 0) is 24.7 Å². The monoisotopic (exact) mass is 302 g/mol. The average molecular weight is 303 g/mol. The Morgan fingerprint density at radius 3 is 2.60 bits per heavy atom. The maximum atomic E-state index is 12.2. The predicted octanol–water partition coefficient (Wildman–Crippen LogP) is 3.26. The molecule has 3 atom stereocenters. The van der Waals surface area contributed by atoms with Crippen molar-refractivity contribution < 1.29 is 4.79 Å². The van der Waals surface area contributed by atoms with Gasteiger partial charge in [-0.2, -0.15) is 0 Å². The minimum atomic E-state index is 0. The zero-order chi connectivity index (χ0) is 13.7. The molecule has 3 nitrogen and oxygen atoms in total. The molecular weight excluding hydrogens is 272 g/mol. The van der Waals surface area contributed by atoms with Crippen molar-refractivity contribution in [1.29, 1.82) is 0 Å². The second kappa shape index (κ2) is 8.89. The summed E-state index contributed by atoms with van der Waals surface area (Å²) in [6, 6.07) is 0.194. The van der Waals surface area contributed by atoms with Crippen molar-refractivity contribution in [1.82, 2.24) is 5.32 Å². The normalized spacial score (nSPS) is 27.5. The van der Waals surface area contributed by atoms with Crippen LogP contribution in [0.15, 0.2) is 0 Å². The Bertz CT molecular complexity index is 292. The van der Waals surface area contributed by atoms with Gasteiger partial charge in [-0.15, -0.1) is 12.4 Å². The van der Waals surface area contributed by atoms with Gasteiger partial charge in [0, 0.05) is 18.5 Å². The van der Waals surface area contributed by atoms with Crippen LogP contribution in [-0.2, 0) is 4.79 Å². The van der Waals surface area contributed by atoms with E-state index in [2.05, 4.69) is 12.2 Å². The molecule has 0 spiro atoms. The Morgan fingerprint density at radius 1 is 1.30 bits per heavy atom. The summed E-state index contributed by atoms with van der Waals surface area (Å²) in [7, 11) is 0. The summed E-state index contributed by atoms with van der Waals surface area (Å²) in [5.74, 6) is 2.10. The van der Waals surface area contributed by atoms with E-state index in [9.17, 15) is 4.79 Å². The van der Waals surface area contributed by atoms with Gasteiger partial charge in [-0.1, -0.05) is 51.9 Å². The van der Waals surface area contributed by atoms with Crippen molar-refractivity contribution >= 4 is 18.3 Å². The first-order valence-corrected chi connectivity index (χ1v) is 8.26. The number of halogens is 1. The maximum absolute atomic E-state index is 12.2. The molecule has 2 aliphatic rings. The Morgan fingerprint density at radius 2 is 2.00 bits per heavy atom. The van der Waals surface area contributed by atoms with Crippen LogP contribution < -0.4 is 11.1 Å². The quantitative estimate of drug-likeness (QED) is 0.758. The molecular formula is C16H31ClN2O. The summed E-state index contributed by atoms with van der Waals surface area (Å²) in [5, 5.41) is 3.17. The molecule has 2 saturated carbocycles. The summed E-state index contributed by atoms with van der Waals surface area (Å²) < 4.78 is 0. The maximum Gasteiger partial charge on any atom is 0.223 e. The largest absolute Gasteiger partial charge is 0.352 e. The van der Waals surface area contributed by atoms with Crippen molar-refractivity contribution in [3.63, 3.8) is 0 Å².